The molecule has 3 nitrogen and oxygen atoms in total. The molecule has 0 radical (unpaired) electrons. The Kier molecular flexibility index (Phi) is 3.09. The Bertz CT molecular complexity index is 675. The van der Waals surface area contributed by atoms with Crippen LogP contribution in [-0.4, -0.2) is 17.1 Å². The molecule has 1 N–H and O–H groups in total. The molecule has 3 rings (SSSR count). The lowest BCUT2D eigenvalue weighted by molar-refractivity contribution is 0.474. The molecule has 3 aromatic rings. The first-order valence-corrected chi connectivity index (χ1v) is 6.88. The van der Waals surface area contributed by atoms with Crippen molar-refractivity contribution in [3.63, 3.8) is 0 Å². The van der Waals surface area contributed by atoms with Crippen molar-refractivity contribution < 1.29 is 5.11 Å². The van der Waals surface area contributed by atoms with Gasteiger partial charge in [-0.2, -0.15) is 0 Å². The van der Waals surface area contributed by atoms with Gasteiger partial charge in [-0.05, 0) is 29.8 Å². The van der Waals surface area contributed by atoms with E-state index >= 15 is 0 Å². The molecule has 2 aromatic carbocycles. The summed E-state index contributed by atoms with van der Waals surface area (Å²) in [7, 11) is 2.02. The minimum atomic E-state index is 0.301. The number of aromatic hydroxyl groups is 1. The fraction of sp³-hybridized carbons (Fsp3) is 0.133. The predicted octanol–water partition coefficient (Wildman–Crippen LogP) is 3.64. The fourth-order valence-corrected chi connectivity index (χ4v) is 2.95. The van der Waals surface area contributed by atoms with Gasteiger partial charge in [-0.3, -0.25) is 0 Å². The normalized spacial score (nSPS) is 10.8. The van der Waals surface area contributed by atoms with Crippen molar-refractivity contribution in [1.82, 2.24) is 4.98 Å². The second-order valence-corrected chi connectivity index (χ2v) is 5.50. The van der Waals surface area contributed by atoms with Crippen molar-refractivity contribution in [3.05, 3.63) is 54.1 Å². The average molecular weight is 270 g/mol. The Balaban J connectivity index is 1.85. The van der Waals surface area contributed by atoms with Crippen LogP contribution in [0.4, 0.5) is 5.13 Å². The third-order valence-corrected chi connectivity index (χ3v) is 4.09. The van der Waals surface area contributed by atoms with Crippen molar-refractivity contribution in [1.29, 1.82) is 0 Å². The van der Waals surface area contributed by atoms with E-state index in [4.69, 9.17) is 0 Å². The van der Waals surface area contributed by atoms with E-state index in [1.807, 2.05) is 37.4 Å². The highest BCUT2D eigenvalue weighted by molar-refractivity contribution is 7.22. The Morgan fingerprint density at radius 2 is 2.00 bits per heavy atom. The maximum absolute atomic E-state index is 9.48. The number of para-hydroxylation sites is 1. The van der Waals surface area contributed by atoms with Crippen molar-refractivity contribution >= 4 is 26.7 Å². The molecular weight excluding hydrogens is 256 g/mol. The Morgan fingerprint density at radius 1 is 1.16 bits per heavy atom. The third-order valence-electron chi connectivity index (χ3n) is 2.94. The first-order chi connectivity index (χ1) is 9.22. The smallest absolute Gasteiger partial charge is 0.186 e. The van der Waals surface area contributed by atoms with Gasteiger partial charge in [0.05, 0.1) is 10.2 Å². The molecule has 0 aliphatic rings. The zero-order valence-electron chi connectivity index (χ0n) is 10.6. The van der Waals surface area contributed by atoms with Gasteiger partial charge in [0.1, 0.15) is 5.75 Å². The van der Waals surface area contributed by atoms with E-state index in [9.17, 15) is 5.11 Å². The van der Waals surface area contributed by atoms with Crippen LogP contribution in [0.1, 0.15) is 5.56 Å². The van der Waals surface area contributed by atoms with Crippen LogP contribution >= 0.6 is 11.3 Å². The maximum Gasteiger partial charge on any atom is 0.186 e. The number of anilines is 1. The van der Waals surface area contributed by atoms with Gasteiger partial charge in [-0.1, -0.05) is 35.6 Å². The second kappa shape index (κ2) is 4.90. The van der Waals surface area contributed by atoms with Crippen molar-refractivity contribution in [2.75, 3.05) is 11.9 Å². The van der Waals surface area contributed by atoms with Gasteiger partial charge < -0.3 is 10.0 Å². The van der Waals surface area contributed by atoms with Gasteiger partial charge in [0.25, 0.3) is 0 Å². The number of rotatable bonds is 3. The molecule has 96 valence electrons. The van der Waals surface area contributed by atoms with Gasteiger partial charge >= 0.3 is 0 Å². The summed E-state index contributed by atoms with van der Waals surface area (Å²) < 4.78 is 1.19. The molecule has 19 heavy (non-hydrogen) atoms. The second-order valence-electron chi connectivity index (χ2n) is 4.49. The van der Waals surface area contributed by atoms with E-state index in [-0.39, 0.29) is 0 Å². The van der Waals surface area contributed by atoms with Gasteiger partial charge in [-0.25, -0.2) is 4.98 Å². The maximum atomic E-state index is 9.48. The van der Waals surface area contributed by atoms with Crippen molar-refractivity contribution in [3.8, 4) is 5.75 Å². The van der Waals surface area contributed by atoms with Crippen LogP contribution in [0, 0.1) is 0 Å². The lowest BCUT2D eigenvalue weighted by Gasteiger charge is -2.15. The van der Waals surface area contributed by atoms with Crippen LogP contribution in [0.2, 0.25) is 0 Å². The van der Waals surface area contributed by atoms with E-state index in [1.54, 1.807) is 23.5 Å². The Morgan fingerprint density at radius 3 is 2.79 bits per heavy atom. The van der Waals surface area contributed by atoms with Gasteiger partial charge in [0, 0.05) is 13.6 Å². The molecule has 0 unspecified atom stereocenters. The van der Waals surface area contributed by atoms with E-state index in [0.29, 0.717) is 5.75 Å². The number of benzene rings is 2. The minimum absolute atomic E-state index is 0.301. The van der Waals surface area contributed by atoms with E-state index in [0.717, 1.165) is 22.8 Å². The highest BCUT2D eigenvalue weighted by atomic mass is 32.1. The largest absolute Gasteiger partial charge is 0.508 e. The van der Waals surface area contributed by atoms with Crippen LogP contribution in [-0.2, 0) is 6.54 Å². The first kappa shape index (κ1) is 12.0. The number of fused-ring (bicyclic) bond motifs is 1. The molecule has 0 aliphatic heterocycles. The molecule has 1 aromatic heterocycles. The molecule has 0 bridgehead atoms. The van der Waals surface area contributed by atoms with Gasteiger partial charge in [0.2, 0.25) is 0 Å². The molecule has 4 heteroatoms. The number of hydrogen-bond acceptors (Lipinski definition) is 4. The summed E-state index contributed by atoms with van der Waals surface area (Å²) in [5.74, 6) is 0.301. The van der Waals surface area contributed by atoms with Crippen LogP contribution in [0.15, 0.2) is 48.5 Å². The van der Waals surface area contributed by atoms with E-state index in [2.05, 4.69) is 16.0 Å². The highest BCUT2D eigenvalue weighted by Gasteiger charge is 2.08. The SMILES string of the molecule is CN(Cc1cccc(O)c1)c1nc2ccccc2s1. The van der Waals surface area contributed by atoms with Crippen LogP contribution in [0.25, 0.3) is 10.2 Å². The molecule has 0 fully saturated rings. The van der Waals surface area contributed by atoms with Crippen LogP contribution in [0.5, 0.6) is 5.75 Å². The number of phenolic OH excluding ortho intramolecular Hbond substituents is 1. The molecule has 1 heterocycles. The van der Waals surface area contributed by atoms with Gasteiger partial charge in [-0.15, -0.1) is 0 Å². The number of thiazole rings is 1. The fourth-order valence-electron chi connectivity index (χ4n) is 2.02. The Hall–Kier alpha value is -2.07. The molecule has 0 saturated heterocycles. The summed E-state index contributed by atoms with van der Waals surface area (Å²) in [4.78, 5) is 6.71. The summed E-state index contributed by atoms with van der Waals surface area (Å²) >= 11 is 1.68. The zero-order valence-corrected chi connectivity index (χ0v) is 11.4. The highest BCUT2D eigenvalue weighted by Crippen LogP contribution is 2.28. The lowest BCUT2D eigenvalue weighted by atomic mass is 10.2. The number of nitrogens with zero attached hydrogens (tertiary/aromatic N) is 2. The molecule has 0 saturated carbocycles. The quantitative estimate of drug-likeness (QED) is 0.789. The third kappa shape index (κ3) is 2.53. The topological polar surface area (TPSA) is 36.4 Å². The Labute approximate surface area is 115 Å². The number of aromatic nitrogens is 1. The molecule has 0 aliphatic carbocycles. The molecule has 0 spiro atoms. The van der Waals surface area contributed by atoms with Crippen LogP contribution in [0.3, 0.4) is 0 Å². The van der Waals surface area contributed by atoms with E-state index < -0.39 is 0 Å². The molecule has 0 amide bonds. The van der Waals surface area contributed by atoms with Crippen molar-refractivity contribution in [2.45, 2.75) is 6.54 Å². The summed E-state index contributed by atoms with van der Waals surface area (Å²) in [6.45, 7) is 0.730. The standard InChI is InChI=1S/C15H14N2OS/c1-17(10-11-5-4-6-12(18)9-11)15-16-13-7-2-3-8-14(13)19-15/h2-9,18H,10H2,1H3. The predicted molar refractivity (Wildman–Crippen MR) is 79.8 cm³/mol. The van der Waals surface area contributed by atoms with Gasteiger partial charge in [0.15, 0.2) is 5.13 Å². The molecular formula is C15H14N2OS. The summed E-state index contributed by atoms with van der Waals surface area (Å²) in [5.41, 5.74) is 2.10. The monoisotopic (exact) mass is 270 g/mol. The van der Waals surface area contributed by atoms with Crippen molar-refractivity contribution in [2.24, 2.45) is 0 Å². The zero-order chi connectivity index (χ0) is 13.2. The first-order valence-electron chi connectivity index (χ1n) is 6.07. The minimum Gasteiger partial charge on any atom is -0.508 e. The number of hydrogen-bond donors (Lipinski definition) is 1. The lowest BCUT2D eigenvalue weighted by Crippen LogP contribution is -2.15. The summed E-state index contributed by atoms with van der Waals surface area (Å²) in [6.07, 6.45) is 0. The average Bonchev–Trinajstić information content (AvgIpc) is 2.82. The summed E-state index contributed by atoms with van der Waals surface area (Å²) in [5, 5.41) is 10.5. The molecule has 0 atom stereocenters. The van der Waals surface area contributed by atoms with E-state index in [1.165, 1.54) is 4.70 Å². The number of phenols is 1. The van der Waals surface area contributed by atoms with Crippen LogP contribution < -0.4 is 4.90 Å². The summed E-state index contributed by atoms with van der Waals surface area (Å²) in [6, 6.07) is 15.5.